The molecule has 14 nitrogen and oxygen atoms in total. The van der Waals surface area contributed by atoms with Gasteiger partial charge in [0.25, 0.3) is 0 Å². The van der Waals surface area contributed by atoms with Crippen LogP contribution in [0.4, 0.5) is 0 Å². The molecule has 0 aromatic carbocycles. The second-order valence-electron chi connectivity index (χ2n) is 14.2. The lowest BCUT2D eigenvalue weighted by atomic mass is 9.73. The summed E-state index contributed by atoms with van der Waals surface area (Å²) < 4.78 is 28.5. The molecule has 5 N–H and O–H groups in total. The fraction of sp³-hybridized carbons (Fsp3) is 0.939. The second kappa shape index (κ2) is 18.0. The number of hydrogen-bond donors (Lipinski definition) is 5. The van der Waals surface area contributed by atoms with E-state index >= 15 is 0 Å². The van der Waals surface area contributed by atoms with Gasteiger partial charge in [0.1, 0.15) is 17.8 Å². The minimum atomic E-state index is -1.91. The highest BCUT2D eigenvalue weighted by atomic mass is 16.7. The van der Waals surface area contributed by atoms with Crippen LogP contribution < -0.4 is 0 Å². The minimum absolute atomic E-state index is 0.00777. The van der Waals surface area contributed by atoms with E-state index in [4.69, 9.17) is 28.5 Å². The van der Waals surface area contributed by atoms with Crippen molar-refractivity contribution in [3.05, 3.63) is 0 Å². The third-order valence-corrected chi connectivity index (χ3v) is 9.85. The van der Waals surface area contributed by atoms with Crippen LogP contribution in [0.25, 0.3) is 0 Å². The number of esters is 1. The maximum atomic E-state index is 13.4. The molecule has 2 rings (SSSR count). The van der Waals surface area contributed by atoms with Crippen molar-refractivity contribution in [1.82, 2.24) is 4.90 Å². The zero-order valence-electron chi connectivity index (χ0n) is 30.2. The largest absolute Gasteiger partial charge is 0.459 e. The number of oxime groups is 1. The van der Waals surface area contributed by atoms with E-state index in [-0.39, 0.29) is 38.4 Å². The van der Waals surface area contributed by atoms with Crippen LogP contribution in [-0.4, -0.2) is 143 Å². The van der Waals surface area contributed by atoms with Crippen molar-refractivity contribution >= 4 is 11.7 Å². The fourth-order valence-electron chi connectivity index (χ4n) is 6.93. The fourth-order valence-corrected chi connectivity index (χ4v) is 6.93. The van der Waals surface area contributed by atoms with E-state index in [9.17, 15) is 30.3 Å². The van der Waals surface area contributed by atoms with Crippen LogP contribution in [0.15, 0.2) is 5.16 Å². The van der Waals surface area contributed by atoms with Gasteiger partial charge in [-0.2, -0.15) is 0 Å². The van der Waals surface area contributed by atoms with Crippen molar-refractivity contribution < 1.29 is 58.8 Å². The van der Waals surface area contributed by atoms with E-state index in [0.717, 1.165) is 0 Å². The van der Waals surface area contributed by atoms with Gasteiger partial charge in [0.15, 0.2) is 6.29 Å². The average Bonchev–Trinajstić information content (AvgIpc) is 3.00. The molecule has 14 heteroatoms. The number of carbonyl (C=O) groups is 1. The number of methoxy groups -OCH3 is 1. The van der Waals surface area contributed by atoms with Gasteiger partial charge in [0.05, 0.1) is 54.9 Å². The first-order chi connectivity index (χ1) is 21.8. The molecule has 0 amide bonds. The first-order valence-corrected chi connectivity index (χ1v) is 16.7. The molecule has 2 fully saturated rings. The molecule has 14 atom stereocenters. The number of ether oxygens (including phenoxy) is 5. The van der Waals surface area contributed by atoms with E-state index in [1.165, 1.54) is 13.8 Å². The van der Waals surface area contributed by atoms with Gasteiger partial charge in [0.2, 0.25) is 6.79 Å². The maximum Gasteiger partial charge on any atom is 0.311 e. The molecule has 0 saturated carbocycles. The van der Waals surface area contributed by atoms with Gasteiger partial charge in [0, 0.05) is 30.9 Å². The van der Waals surface area contributed by atoms with Crippen LogP contribution in [-0.2, 0) is 33.3 Å². The SMILES string of the molecule is CC[C@H]1OC(=O)[C@H](C)[C@@H](O)[C@H](C)[C@@H](O[C@@H]2O[C@H](C)C[C@H](N(C)C)[C@H]2O)[C@](C)(O)C[C@@H](C)/C(=N\OCOCCOC)[C@H](C)[C@@H](O)[C@]1(C)O. The number of rotatable bonds is 10. The van der Waals surface area contributed by atoms with E-state index < -0.39 is 77.7 Å². The van der Waals surface area contributed by atoms with Gasteiger partial charge < -0.3 is 59.0 Å². The Hall–Kier alpha value is -1.46. The van der Waals surface area contributed by atoms with E-state index in [0.29, 0.717) is 18.7 Å². The third-order valence-electron chi connectivity index (χ3n) is 9.85. The summed E-state index contributed by atoms with van der Waals surface area (Å²) in [7, 11) is 5.25. The second-order valence-corrected chi connectivity index (χ2v) is 14.2. The number of cyclic esters (lactones) is 1. The summed E-state index contributed by atoms with van der Waals surface area (Å²) in [5.41, 5.74) is -3.32. The van der Waals surface area contributed by atoms with Crippen LogP contribution in [0.5, 0.6) is 0 Å². The van der Waals surface area contributed by atoms with Gasteiger partial charge in [-0.05, 0) is 61.1 Å². The Morgan fingerprint density at radius 1 is 1.00 bits per heavy atom. The summed E-state index contributed by atoms with van der Waals surface area (Å²) in [4.78, 5) is 20.8. The van der Waals surface area contributed by atoms with Crippen molar-refractivity contribution in [2.45, 2.75) is 135 Å². The van der Waals surface area contributed by atoms with Crippen molar-refractivity contribution in [3.8, 4) is 0 Å². The van der Waals surface area contributed by atoms with Gasteiger partial charge in [-0.1, -0.05) is 32.9 Å². The summed E-state index contributed by atoms with van der Waals surface area (Å²) in [6.45, 7) is 13.5. The van der Waals surface area contributed by atoms with E-state index in [1.54, 1.807) is 41.7 Å². The third kappa shape index (κ3) is 10.5. The first kappa shape index (κ1) is 41.7. The summed E-state index contributed by atoms with van der Waals surface area (Å²) >= 11 is 0. The number of aliphatic hydroxyl groups is 5. The number of aliphatic hydroxyl groups excluding tert-OH is 3. The molecule has 2 aliphatic rings. The Morgan fingerprint density at radius 2 is 1.64 bits per heavy atom. The topological polar surface area (TPSA) is 189 Å². The van der Waals surface area contributed by atoms with Crippen molar-refractivity contribution in [2.75, 3.05) is 41.2 Å². The van der Waals surface area contributed by atoms with Crippen LogP contribution in [0.1, 0.15) is 74.7 Å². The molecule has 2 heterocycles. The lowest BCUT2D eigenvalue weighted by molar-refractivity contribution is -0.298. The Labute approximate surface area is 280 Å². The Kier molecular flexibility index (Phi) is 16.0. The quantitative estimate of drug-likeness (QED) is 0.0963. The molecule has 0 spiro atoms. The lowest BCUT2D eigenvalue weighted by Crippen LogP contribution is -2.60. The Balaban J connectivity index is 2.61. The summed E-state index contributed by atoms with van der Waals surface area (Å²) in [6.07, 6.45) is -6.88. The van der Waals surface area contributed by atoms with E-state index in [2.05, 4.69) is 5.16 Å². The van der Waals surface area contributed by atoms with Crippen LogP contribution >= 0.6 is 0 Å². The average molecular weight is 679 g/mol. The van der Waals surface area contributed by atoms with Gasteiger partial charge >= 0.3 is 5.97 Å². The minimum Gasteiger partial charge on any atom is -0.459 e. The molecule has 0 bridgehead atoms. The molecule has 2 saturated heterocycles. The number of hydrogen-bond acceptors (Lipinski definition) is 14. The van der Waals surface area contributed by atoms with Crippen LogP contribution in [0.3, 0.4) is 0 Å². The predicted octanol–water partition coefficient (Wildman–Crippen LogP) is 1.28. The highest BCUT2D eigenvalue weighted by molar-refractivity contribution is 5.88. The Bertz CT molecular complexity index is 995. The van der Waals surface area contributed by atoms with Gasteiger partial charge in [-0.3, -0.25) is 4.79 Å². The highest BCUT2D eigenvalue weighted by Crippen LogP contribution is 2.38. The zero-order chi connectivity index (χ0) is 35.9. The normalized spacial score (nSPS) is 43.9. The molecular weight excluding hydrogens is 616 g/mol. The van der Waals surface area contributed by atoms with Crippen LogP contribution in [0.2, 0.25) is 0 Å². The number of nitrogens with zero attached hydrogens (tertiary/aromatic N) is 2. The van der Waals surface area contributed by atoms with Crippen molar-refractivity contribution in [2.24, 2.45) is 28.8 Å². The summed E-state index contributed by atoms with van der Waals surface area (Å²) in [5.74, 6) is -4.17. The first-order valence-electron chi connectivity index (χ1n) is 16.7. The molecule has 0 radical (unpaired) electrons. The standard InChI is InChI=1S/C33H62N2O12/c1-12-24-33(8,41)28(38)20(4)25(34-44-17-43-14-13-42-11)18(2)16-32(7,40)29(21(5)26(36)22(6)30(39)46-24)47-31-27(37)23(35(9)10)15-19(3)45-31/h18-24,26-29,31,36-38,40-41H,12-17H2,1-11H3/b34-25+/t18-,19-,20+,21+,22-,23+,24-,26+,27-,28-,29-,31+,32-,33-/m1/s1. The predicted molar refractivity (Wildman–Crippen MR) is 173 cm³/mol. The maximum absolute atomic E-state index is 13.4. The van der Waals surface area contributed by atoms with Gasteiger partial charge in [-0.25, -0.2) is 0 Å². The zero-order valence-corrected chi connectivity index (χ0v) is 30.2. The highest BCUT2D eigenvalue weighted by Gasteiger charge is 2.51. The molecule has 0 unspecified atom stereocenters. The van der Waals surface area contributed by atoms with Crippen LogP contribution in [0, 0.1) is 23.7 Å². The van der Waals surface area contributed by atoms with Crippen molar-refractivity contribution in [1.29, 1.82) is 0 Å². The van der Waals surface area contributed by atoms with Crippen molar-refractivity contribution in [3.63, 3.8) is 0 Å². The number of carbonyl (C=O) groups excluding carboxylic acids is 1. The number of likely N-dealkylation sites (N-methyl/N-ethyl adjacent to an activating group) is 1. The molecule has 2 aliphatic heterocycles. The van der Waals surface area contributed by atoms with E-state index in [1.807, 2.05) is 25.9 Å². The van der Waals surface area contributed by atoms with Gasteiger partial charge in [-0.15, -0.1) is 0 Å². The molecule has 0 aromatic heterocycles. The summed E-state index contributed by atoms with van der Waals surface area (Å²) in [6, 6.07) is -0.289. The Morgan fingerprint density at radius 3 is 2.21 bits per heavy atom. The molecule has 47 heavy (non-hydrogen) atoms. The molecule has 276 valence electrons. The summed E-state index contributed by atoms with van der Waals surface area (Å²) in [5, 5.41) is 62.4. The monoisotopic (exact) mass is 678 g/mol. The molecule has 0 aromatic rings. The molecule has 0 aliphatic carbocycles. The lowest BCUT2D eigenvalue weighted by Gasteiger charge is -2.47. The molecular formula is C33H62N2O12. The smallest absolute Gasteiger partial charge is 0.311 e.